The molecule has 10 nitrogen and oxygen atoms in total. The Hall–Kier alpha value is 1.08. The van der Waals surface area contributed by atoms with Crippen LogP contribution in [0.1, 0.15) is 64.7 Å². The average Bonchev–Trinajstić information content (AvgIpc) is 2.34. The van der Waals surface area contributed by atoms with Gasteiger partial charge in [0, 0.05) is 6.42 Å². The Morgan fingerprint density at radius 3 is 1.46 bits per heavy atom. The van der Waals surface area contributed by atoms with Crippen molar-refractivity contribution >= 4 is 32.9 Å². The molecule has 0 unspecified atom stereocenters. The molecule has 0 radical (unpaired) electrons. The summed E-state index contributed by atoms with van der Waals surface area (Å²) in [5.74, 6) is 0.0913. The standard InChI is InChI=1S/C12H22O2.2Na.2H2O4S/c1-2-3-4-5-6-7-8-9-12(14)10-11-13;;;2*1-5(2,3)4/h11H,2-10H2,1H3;;;2*(H2,1,2,3,4)/q;2*+1;;/p-2. The number of carbonyl (C=O) groups excluding carboxylic acids is 2. The van der Waals surface area contributed by atoms with Gasteiger partial charge in [-0.15, -0.1) is 0 Å². The van der Waals surface area contributed by atoms with Crippen molar-refractivity contribution in [3.05, 3.63) is 0 Å². The van der Waals surface area contributed by atoms with Crippen LogP contribution in [0.4, 0.5) is 0 Å². The van der Waals surface area contributed by atoms with Gasteiger partial charge < -0.3 is 13.9 Å². The van der Waals surface area contributed by atoms with E-state index in [4.69, 9.17) is 35.0 Å². The second kappa shape index (κ2) is 24.1. The van der Waals surface area contributed by atoms with Gasteiger partial charge in [0.25, 0.3) is 0 Å². The summed E-state index contributed by atoms with van der Waals surface area (Å²) < 4.78 is 65.7. The van der Waals surface area contributed by atoms with Gasteiger partial charge in [-0.25, -0.2) is 16.8 Å². The Morgan fingerprint density at radius 1 is 0.846 bits per heavy atom. The zero-order valence-electron chi connectivity index (χ0n) is 15.4. The molecule has 0 aliphatic carbocycles. The third-order valence-corrected chi connectivity index (χ3v) is 2.37. The molecule has 0 rings (SSSR count). The van der Waals surface area contributed by atoms with Gasteiger partial charge in [0.2, 0.25) is 20.8 Å². The molecule has 0 atom stereocenters. The fourth-order valence-corrected chi connectivity index (χ4v) is 1.47. The molecule has 0 fully saturated rings. The van der Waals surface area contributed by atoms with Gasteiger partial charge in [0.15, 0.2) is 0 Å². The molecule has 0 aromatic heterocycles. The molecule has 0 aromatic carbocycles. The molecular formula is C12H24Na2O10S2. The van der Waals surface area contributed by atoms with Crippen LogP contribution in [-0.2, 0) is 30.4 Å². The van der Waals surface area contributed by atoms with Crippen molar-refractivity contribution in [3.8, 4) is 0 Å². The van der Waals surface area contributed by atoms with Gasteiger partial charge in [-0.05, 0) is 6.42 Å². The third-order valence-electron chi connectivity index (χ3n) is 2.37. The smallest absolute Gasteiger partial charge is 0.726 e. The topological polar surface area (TPSA) is 189 Å². The SMILES string of the molecule is CCCCCCCCCC(=O)CC=O.O=S(=O)([O-])O.O=S(=O)([O-])O.[Na+].[Na+]. The number of hydrogen-bond donors (Lipinski definition) is 2. The van der Waals surface area contributed by atoms with Crippen molar-refractivity contribution in [1.29, 1.82) is 0 Å². The number of ketones is 1. The molecule has 0 aromatic rings. The van der Waals surface area contributed by atoms with E-state index >= 15 is 0 Å². The summed E-state index contributed by atoms with van der Waals surface area (Å²) in [6, 6.07) is 0. The first-order valence-electron chi connectivity index (χ1n) is 7.13. The molecule has 0 heterocycles. The normalized spacial score (nSPS) is 9.88. The minimum Gasteiger partial charge on any atom is -0.726 e. The molecule has 26 heavy (non-hydrogen) atoms. The fraction of sp³-hybridized carbons (Fsp3) is 0.833. The van der Waals surface area contributed by atoms with E-state index in [0.29, 0.717) is 12.7 Å². The molecule has 0 saturated heterocycles. The Bertz CT molecular complexity index is 474. The number of rotatable bonds is 10. The van der Waals surface area contributed by atoms with Crippen molar-refractivity contribution in [2.75, 3.05) is 0 Å². The van der Waals surface area contributed by atoms with Crippen LogP contribution in [0, 0.1) is 0 Å². The van der Waals surface area contributed by atoms with Gasteiger partial charge in [0.1, 0.15) is 12.1 Å². The maximum Gasteiger partial charge on any atom is 1.00 e. The second-order valence-electron chi connectivity index (χ2n) is 4.64. The summed E-state index contributed by atoms with van der Waals surface area (Å²) in [6.45, 7) is 2.21. The van der Waals surface area contributed by atoms with E-state index < -0.39 is 20.8 Å². The molecule has 0 aliphatic rings. The van der Waals surface area contributed by atoms with E-state index in [2.05, 4.69) is 6.92 Å². The minimum absolute atomic E-state index is 0. The zero-order valence-corrected chi connectivity index (χ0v) is 21.1. The summed E-state index contributed by atoms with van der Waals surface area (Å²) in [5.41, 5.74) is 0. The molecular weight excluding hydrogens is 414 g/mol. The predicted octanol–water partition coefficient (Wildman–Crippen LogP) is -4.70. The second-order valence-corrected chi connectivity index (χ2v) is 6.35. The average molecular weight is 438 g/mol. The molecule has 146 valence electrons. The number of unbranched alkanes of at least 4 members (excludes halogenated alkanes) is 6. The molecule has 0 spiro atoms. The van der Waals surface area contributed by atoms with Crippen molar-refractivity contribution in [1.82, 2.24) is 0 Å². The van der Waals surface area contributed by atoms with Crippen molar-refractivity contribution < 1.29 is 104 Å². The molecule has 0 amide bonds. The first kappa shape index (κ1) is 37.8. The van der Waals surface area contributed by atoms with Gasteiger partial charge in [-0.2, -0.15) is 0 Å². The van der Waals surface area contributed by atoms with Crippen LogP contribution in [0.5, 0.6) is 0 Å². The molecule has 0 aliphatic heterocycles. The van der Waals surface area contributed by atoms with Gasteiger partial charge in [-0.1, -0.05) is 45.4 Å². The van der Waals surface area contributed by atoms with Crippen LogP contribution in [0.2, 0.25) is 0 Å². The first-order valence-corrected chi connectivity index (χ1v) is 9.86. The van der Waals surface area contributed by atoms with Crippen molar-refractivity contribution in [2.24, 2.45) is 0 Å². The number of Topliss-reactive ketones (excluding diaryl/α,β-unsaturated/α-hetero) is 1. The van der Waals surface area contributed by atoms with Crippen molar-refractivity contribution in [3.63, 3.8) is 0 Å². The van der Waals surface area contributed by atoms with Gasteiger partial charge in [-0.3, -0.25) is 13.9 Å². The number of aldehydes is 1. The van der Waals surface area contributed by atoms with Crippen LogP contribution >= 0.6 is 0 Å². The Balaban J connectivity index is -0.000000102. The first-order chi connectivity index (χ1) is 10.8. The van der Waals surface area contributed by atoms with Gasteiger partial charge >= 0.3 is 59.1 Å². The Kier molecular flexibility index (Phi) is 35.0. The van der Waals surface area contributed by atoms with Crippen LogP contribution < -0.4 is 59.1 Å². The number of carbonyl (C=O) groups is 2. The molecule has 2 N–H and O–H groups in total. The van der Waals surface area contributed by atoms with E-state index in [1.807, 2.05) is 0 Å². The summed E-state index contributed by atoms with van der Waals surface area (Å²) >= 11 is 0. The zero-order chi connectivity index (χ0) is 19.6. The van der Waals surface area contributed by atoms with Gasteiger partial charge in [0.05, 0.1) is 6.42 Å². The van der Waals surface area contributed by atoms with Crippen LogP contribution in [0.3, 0.4) is 0 Å². The largest absolute Gasteiger partial charge is 1.00 e. The molecule has 0 bridgehead atoms. The third kappa shape index (κ3) is 85.0. The summed E-state index contributed by atoms with van der Waals surface area (Å²) in [4.78, 5) is 20.9. The summed E-state index contributed by atoms with van der Waals surface area (Å²) in [5, 5.41) is 0. The summed E-state index contributed by atoms with van der Waals surface area (Å²) in [6.07, 6.45) is 9.92. The number of hydrogen-bond acceptors (Lipinski definition) is 8. The van der Waals surface area contributed by atoms with Crippen LogP contribution in [0.15, 0.2) is 0 Å². The molecule has 14 heteroatoms. The van der Waals surface area contributed by atoms with E-state index in [-0.39, 0.29) is 71.3 Å². The van der Waals surface area contributed by atoms with Crippen LogP contribution in [0.25, 0.3) is 0 Å². The van der Waals surface area contributed by atoms with Crippen molar-refractivity contribution in [2.45, 2.75) is 64.7 Å². The maximum atomic E-state index is 10.9. The van der Waals surface area contributed by atoms with E-state index in [1.165, 1.54) is 32.1 Å². The molecule has 0 saturated carbocycles. The predicted molar refractivity (Wildman–Crippen MR) is 83.0 cm³/mol. The van der Waals surface area contributed by atoms with Crippen LogP contribution in [-0.4, -0.2) is 47.1 Å². The Morgan fingerprint density at radius 2 is 1.15 bits per heavy atom. The summed E-state index contributed by atoms with van der Waals surface area (Å²) in [7, 11) is -9.83. The monoisotopic (exact) mass is 438 g/mol. The minimum atomic E-state index is -4.92. The van der Waals surface area contributed by atoms with E-state index in [1.54, 1.807) is 0 Å². The maximum absolute atomic E-state index is 10.9. The Labute approximate surface area is 199 Å². The van der Waals surface area contributed by atoms with E-state index in [0.717, 1.165) is 12.8 Å². The fourth-order valence-electron chi connectivity index (χ4n) is 1.47. The quantitative estimate of drug-likeness (QED) is 0.0837. The van der Waals surface area contributed by atoms with E-state index in [9.17, 15) is 9.59 Å².